The lowest BCUT2D eigenvalue weighted by atomic mass is 10.2. The molecule has 0 bridgehead atoms. The molecule has 0 saturated heterocycles. The Bertz CT molecular complexity index is 456. The molecule has 0 saturated carbocycles. The molecular formula is C10H9F11O3. The van der Waals surface area contributed by atoms with Crippen LogP contribution in [0, 0.1) is 0 Å². The van der Waals surface area contributed by atoms with Gasteiger partial charge in [-0.3, -0.25) is 4.74 Å². The molecule has 0 N–H and O–H groups in total. The fourth-order valence-electron chi connectivity index (χ4n) is 0.963. The summed E-state index contributed by atoms with van der Waals surface area (Å²) in [6.45, 7) is 2.07. The second-order valence-electron chi connectivity index (χ2n) is 4.41. The molecule has 3 nitrogen and oxygen atoms in total. The Balaban J connectivity index is 5.87. The van der Waals surface area contributed by atoms with Crippen molar-refractivity contribution in [3.05, 3.63) is 0 Å². The third kappa shape index (κ3) is 4.19. The molecule has 0 heterocycles. The van der Waals surface area contributed by atoms with E-state index >= 15 is 0 Å². The number of esters is 1. The van der Waals surface area contributed by atoms with E-state index in [-0.39, 0.29) is 6.42 Å². The monoisotopic (exact) mass is 386 g/mol. The van der Waals surface area contributed by atoms with Gasteiger partial charge < -0.3 is 4.74 Å². The zero-order chi connectivity index (χ0) is 19.8. The van der Waals surface area contributed by atoms with E-state index in [0.29, 0.717) is 0 Å². The van der Waals surface area contributed by atoms with Gasteiger partial charge in [0.15, 0.2) is 0 Å². The maximum atomic E-state index is 13.6. The second-order valence-corrected chi connectivity index (χ2v) is 4.41. The summed E-state index contributed by atoms with van der Waals surface area (Å²) in [6.07, 6.45) is -22.7. The first-order chi connectivity index (χ1) is 10.3. The highest BCUT2D eigenvalue weighted by Crippen LogP contribution is 2.51. The quantitative estimate of drug-likeness (QED) is 0.503. The first-order valence-corrected chi connectivity index (χ1v) is 5.82. The van der Waals surface area contributed by atoms with Crippen LogP contribution in [0.25, 0.3) is 0 Å². The molecule has 0 aliphatic heterocycles. The van der Waals surface area contributed by atoms with Gasteiger partial charge in [-0.25, -0.2) is 4.79 Å². The van der Waals surface area contributed by atoms with E-state index in [1.54, 1.807) is 0 Å². The summed E-state index contributed by atoms with van der Waals surface area (Å²) in [5, 5.41) is 0. The van der Waals surface area contributed by atoms with Crippen LogP contribution in [0.5, 0.6) is 0 Å². The second kappa shape index (κ2) is 6.52. The van der Waals surface area contributed by atoms with E-state index in [4.69, 9.17) is 0 Å². The van der Waals surface area contributed by atoms with Crippen LogP contribution in [0.1, 0.15) is 20.3 Å². The van der Waals surface area contributed by atoms with Crippen molar-refractivity contribution in [2.45, 2.75) is 56.6 Å². The molecule has 24 heavy (non-hydrogen) atoms. The highest BCUT2D eigenvalue weighted by molar-refractivity contribution is 5.79. The van der Waals surface area contributed by atoms with Crippen molar-refractivity contribution in [3.63, 3.8) is 0 Å². The van der Waals surface area contributed by atoms with Crippen LogP contribution >= 0.6 is 0 Å². The maximum Gasteiger partial charge on any atom is 0.462 e. The van der Waals surface area contributed by atoms with Gasteiger partial charge in [-0.2, -0.15) is 48.3 Å². The summed E-state index contributed by atoms with van der Waals surface area (Å²) < 4.78 is 143. The topological polar surface area (TPSA) is 35.5 Å². The summed E-state index contributed by atoms with van der Waals surface area (Å²) in [7, 11) is 0. The van der Waals surface area contributed by atoms with Crippen LogP contribution in [0.2, 0.25) is 0 Å². The molecule has 0 spiro atoms. The highest BCUT2D eigenvalue weighted by atomic mass is 19.4. The fourth-order valence-corrected chi connectivity index (χ4v) is 0.963. The summed E-state index contributed by atoms with van der Waals surface area (Å²) in [5.41, 5.74) is 0. The number of carbonyl (C=O) groups is 1. The average Bonchev–Trinajstić information content (AvgIpc) is 2.34. The van der Waals surface area contributed by atoms with Gasteiger partial charge in [0.1, 0.15) is 0 Å². The Hall–Kier alpha value is -1.34. The molecule has 0 fully saturated rings. The van der Waals surface area contributed by atoms with Crippen LogP contribution < -0.4 is 0 Å². The Morgan fingerprint density at radius 3 is 1.58 bits per heavy atom. The van der Waals surface area contributed by atoms with Crippen molar-refractivity contribution in [3.8, 4) is 0 Å². The Morgan fingerprint density at radius 2 is 1.29 bits per heavy atom. The predicted molar refractivity (Wildman–Crippen MR) is 52.8 cm³/mol. The summed E-state index contributed by atoms with van der Waals surface area (Å²) in [6, 6.07) is 0. The van der Waals surface area contributed by atoms with Gasteiger partial charge >= 0.3 is 36.2 Å². The number of hydrogen-bond donors (Lipinski definition) is 0. The molecule has 0 amide bonds. The van der Waals surface area contributed by atoms with Crippen molar-refractivity contribution in [2.75, 3.05) is 0 Å². The first-order valence-electron chi connectivity index (χ1n) is 5.82. The number of hydrogen-bond acceptors (Lipinski definition) is 3. The van der Waals surface area contributed by atoms with E-state index in [1.165, 1.54) is 6.92 Å². The zero-order valence-electron chi connectivity index (χ0n) is 11.7. The zero-order valence-corrected chi connectivity index (χ0v) is 11.7. The molecule has 0 aromatic carbocycles. The van der Waals surface area contributed by atoms with E-state index in [9.17, 15) is 53.1 Å². The highest BCUT2D eigenvalue weighted by Gasteiger charge is 2.80. The minimum atomic E-state index is -7.22. The SMILES string of the molecule is CC[C@H](C)OC(=O)[C@](F)(OC(F)(F)C(F)(F)C(F)(F)F)C(F)(F)F. The molecular weight excluding hydrogens is 377 g/mol. The van der Waals surface area contributed by atoms with Crippen LogP contribution in [0.15, 0.2) is 0 Å². The number of rotatable bonds is 6. The molecule has 0 rings (SSSR count). The molecule has 144 valence electrons. The fraction of sp³-hybridized carbons (Fsp3) is 0.900. The molecule has 0 unspecified atom stereocenters. The standard InChI is InChI=1S/C10H9F11O3/c1-3-4(2)23-5(22)6(11,8(14,15)16)24-10(20,21)7(12,13)9(17,18)19/h4H,3H2,1-2H3/t4-,6-/m0/s1. The van der Waals surface area contributed by atoms with Crippen molar-refractivity contribution in [1.82, 2.24) is 0 Å². The Morgan fingerprint density at radius 1 is 0.875 bits per heavy atom. The summed E-state index contributed by atoms with van der Waals surface area (Å²) in [4.78, 5) is 11.0. The van der Waals surface area contributed by atoms with E-state index in [2.05, 4.69) is 4.74 Å². The lowest BCUT2D eigenvalue weighted by molar-refractivity contribution is -0.475. The van der Waals surface area contributed by atoms with Crippen molar-refractivity contribution in [1.29, 1.82) is 0 Å². The Kier molecular flexibility index (Phi) is 6.15. The van der Waals surface area contributed by atoms with Crippen LogP contribution in [0.3, 0.4) is 0 Å². The molecule has 0 aliphatic rings. The largest absolute Gasteiger partial charge is 0.462 e. The Labute approximate surface area is 126 Å². The maximum absolute atomic E-state index is 13.6. The van der Waals surface area contributed by atoms with E-state index in [0.717, 1.165) is 6.92 Å². The molecule has 0 aromatic heterocycles. The van der Waals surface area contributed by atoms with Gasteiger partial charge in [-0.1, -0.05) is 6.92 Å². The lowest BCUT2D eigenvalue weighted by Crippen LogP contribution is -2.62. The van der Waals surface area contributed by atoms with Gasteiger partial charge in [-0.05, 0) is 13.3 Å². The number of ether oxygens (including phenoxy) is 2. The molecule has 14 heteroatoms. The minimum absolute atomic E-state index is 0.255. The van der Waals surface area contributed by atoms with Crippen LogP contribution in [0.4, 0.5) is 48.3 Å². The normalized spacial score (nSPS) is 18.0. The predicted octanol–water partition coefficient (Wildman–Crippen LogP) is 4.36. The first kappa shape index (κ1) is 22.7. The van der Waals surface area contributed by atoms with E-state index < -0.39 is 42.3 Å². The van der Waals surface area contributed by atoms with Gasteiger partial charge in [0, 0.05) is 0 Å². The number of alkyl halides is 11. The smallest absolute Gasteiger partial charge is 0.458 e. The van der Waals surface area contributed by atoms with Crippen molar-refractivity contribution >= 4 is 5.97 Å². The molecule has 2 atom stereocenters. The third-order valence-electron chi connectivity index (χ3n) is 2.50. The summed E-state index contributed by atoms with van der Waals surface area (Å²) in [5.74, 6) is -16.7. The average molecular weight is 386 g/mol. The number of halogens is 11. The molecule has 0 radical (unpaired) electrons. The van der Waals surface area contributed by atoms with Gasteiger partial charge in [-0.15, -0.1) is 0 Å². The van der Waals surface area contributed by atoms with Crippen LogP contribution in [-0.2, 0) is 14.3 Å². The van der Waals surface area contributed by atoms with E-state index in [1.807, 2.05) is 4.74 Å². The summed E-state index contributed by atoms with van der Waals surface area (Å²) >= 11 is 0. The van der Waals surface area contributed by atoms with Gasteiger partial charge in [0.2, 0.25) is 0 Å². The van der Waals surface area contributed by atoms with Crippen LogP contribution in [-0.4, -0.2) is 42.3 Å². The van der Waals surface area contributed by atoms with Crippen molar-refractivity contribution < 1.29 is 62.6 Å². The van der Waals surface area contributed by atoms with Gasteiger partial charge in [0.25, 0.3) is 0 Å². The third-order valence-corrected chi connectivity index (χ3v) is 2.50. The van der Waals surface area contributed by atoms with Gasteiger partial charge in [0.05, 0.1) is 6.10 Å². The molecule has 0 aromatic rings. The minimum Gasteiger partial charge on any atom is -0.458 e. The van der Waals surface area contributed by atoms with Crippen molar-refractivity contribution in [2.24, 2.45) is 0 Å². The lowest BCUT2D eigenvalue weighted by Gasteiger charge is -2.34. The molecule has 0 aliphatic carbocycles. The number of carbonyl (C=O) groups excluding carboxylic acids is 1.